The standard InChI is InChI=1S/C20H19NO4/c1-2-23-20-18-16(19(22)24-20)17-14-9-5-3-7-12(14)11-13-8-4-6-10-15(13)21(17)25-18/h3-10,16-18,20H,2,11H2,1H3/t16-,17+,18+,20+/m1/s1. The minimum atomic E-state index is -0.645. The lowest BCUT2D eigenvalue weighted by atomic mass is 9.88. The number of carbonyl (C=O) groups excluding carboxylic acids is 1. The Morgan fingerprint density at radius 2 is 1.88 bits per heavy atom. The van der Waals surface area contributed by atoms with Crippen molar-refractivity contribution in [2.75, 3.05) is 11.7 Å². The second kappa shape index (κ2) is 5.58. The Morgan fingerprint density at radius 3 is 2.72 bits per heavy atom. The molecule has 2 saturated heterocycles. The van der Waals surface area contributed by atoms with E-state index in [1.54, 1.807) is 0 Å². The first kappa shape index (κ1) is 14.9. The third kappa shape index (κ3) is 2.12. The summed E-state index contributed by atoms with van der Waals surface area (Å²) in [6.45, 7) is 2.36. The molecule has 0 unspecified atom stereocenters. The zero-order valence-electron chi connectivity index (χ0n) is 13.9. The Balaban J connectivity index is 1.67. The smallest absolute Gasteiger partial charge is 0.316 e. The number of rotatable bonds is 2. The van der Waals surface area contributed by atoms with Gasteiger partial charge in [0.25, 0.3) is 0 Å². The number of anilines is 1. The molecule has 0 aromatic heterocycles. The summed E-state index contributed by atoms with van der Waals surface area (Å²) in [5.74, 6) is -0.631. The summed E-state index contributed by atoms with van der Waals surface area (Å²) in [6.07, 6.45) is -0.241. The highest BCUT2D eigenvalue weighted by Gasteiger charge is 2.59. The molecule has 0 amide bonds. The minimum absolute atomic E-state index is 0.192. The average molecular weight is 337 g/mol. The number of para-hydroxylation sites is 1. The van der Waals surface area contributed by atoms with Gasteiger partial charge in [0.15, 0.2) is 6.10 Å². The van der Waals surface area contributed by atoms with Crippen molar-refractivity contribution < 1.29 is 19.1 Å². The molecule has 3 heterocycles. The van der Waals surface area contributed by atoms with Crippen molar-refractivity contribution in [2.45, 2.75) is 31.8 Å². The highest BCUT2D eigenvalue weighted by atomic mass is 16.8. The Labute approximate surface area is 146 Å². The number of carbonyl (C=O) groups is 1. The summed E-state index contributed by atoms with van der Waals surface area (Å²) in [4.78, 5) is 18.9. The van der Waals surface area contributed by atoms with Crippen LogP contribution in [-0.4, -0.2) is 25.0 Å². The number of nitrogens with zero attached hydrogens (tertiary/aromatic N) is 1. The van der Waals surface area contributed by atoms with Crippen molar-refractivity contribution in [3.05, 3.63) is 65.2 Å². The van der Waals surface area contributed by atoms with E-state index in [1.807, 2.05) is 36.3 Å². The van der Waals surface area contributed by atoms with E-state index in [4.69, 9.17) is 14.3 Å². The van der Waals surface area contributed by atoms with Gasteiger partial charge in [-0.3, -0.25) is 9.63 Å². The fourth-order valence-electron chi connectivity index (χ4n) is 4.21. The number of ether oxygens (including phenoxy) is 2. The molecule has 25 heavy (non-hydrogen) atoms. The molecule has 128 valence electrons. The molecule has 0 radical (unpaired) electrons. The van der Waals surface area contributed by atoms with E-state index in [1.165, 1.54) is 11.1 Å². The number of benzene rings is 2. The molecule has 2 aromatic rings. The summed E-state index contributed by atoms with van der Waals surface area (Å²) < 4.78 is 11.1. The number of fused-ring (bicyclic) bond motifs is 7. The minimum Gasteiger partial charge on any atom is -0.432 e. The number of esters is 1. The van der Waals surface area contributed by atoms with Crippen LogP contribution in [0.15, 0.2) is 48.5 Å². The van der Waals surface area contributed by atoms with E-state index < -0.39 is 12.4 Å². The van der Waals surface area contributed by atoms with Gasteiger partial charge in [0.05, 0.1) is 11.7 Å². The van der Waals surface area contributed by atoms with Crippen molar-refractivity contribution in [2.24, 2.45) is 5.92 Å². The molecule has 2 fully saturated rings. The molecule has 0 aliphatic carbocycles. The average Bonchev–Trinajstić information content (AvgIpc) is 3.11. The lowest BCUT2D eigenvalue weighted by molar-refractivity contribution is -0.178. The summed E-state index contributed by atoms with van der Waals surface area (Å²) in [6, 6.07) is 16.3. The van der Waals surface area contributed by atoms with Crippen molar-refractivity contribution >= 4 is 11.7 Å². The van der Waals surface area contributed by atoms with E-state index in [2.05, 4.69) is 24.3 Å². The van der Waals surface area contributed by atoms with Crippen molar-refractivity contribution in [3.8, 4) is 0 Å². The zero-order chi connectivity index (χ0) is 17.0. The fourth-order valence-corrected chi connectivity index (χ4v) is 4.21. The molecule has 0 bridgehead atoms. The van der Waals surface area contributed by atoms with E-state index in [-0.39, 0.29) is 17.9 Å². The maximum absolute atomic E-state index is 12.6. The van der Waals surface area contributed by atoms with E-state index >= 15 is 0 Å². The number of hydrogen-bond donors (Lipinski definition) is 0. The first-order chi connectivity index (χ1) is 12.3. The van der Waals surface area contributed by atoms with Crippen LogP contribution in [0.25, 0.3) is 0 Å². The second-order valence-electron chi connectivity index (χ2n) is 6.63. The third-order valence-electron chi connectivity index (χ3n) is 5.27. The molecule has 5 nitrogen and oxygen atoms in total. The summed E-state index contributed by atoms with van der Waals surface area (Å²) in [5, 5.41) is 1.91. The second-order valence-corrected chi connectivity index (χ2v) is 6.63. The highest BCUT2D eigenvalue weighted by Crippen LogP contribution is 2.50. The maximum Gasteiger partial charge on any atom is 0.316 e. The van der Waals surface area contributed by atoms with Crippen LogP contribution < -0.4 is 5.06 Å². The van der Waals surface area contributed by atoms with Crippen LogP contribution in [0.3, 0.4) is 0 Å². The third-order valence-corrected chi connectivity index (χ3v) is 5.27. The molecule has 5 rings (SSSR count). The largest absolute Gasteiger partial charge is 0.432 e. The normalized spacial score (nSPS) is 29.3. The number of cyclic esters (lactones) is 1. The van der Waals surface area contributed by atoms with Crippen LogP contribution in [-0.2, 0) is 25.5 Å². The molecule has 3 aliphatic heterocycles. The first-order valence-corrected chi connectivity index (χ1v) is 8.71. The van der Waals surface area contributed by atoms with Gasteiger partial charge < -0.3 is 9.47 Å². The SMILES string of the molecule is CCO[C@H]1OC(=O)[C@H]2[C@@H]1ON1c3ccccc3Cc3ccccc3[C@@H]21. The lowest BCUT2D eigenvalue weighted by Crippen LogP contribution is -2.30. The predicted octanol–water partition coefficient (Wildman–Crippen LogP) is 2.99. The van der Waals surface area contributed by atoms with Gasteiger partial charge in [0.2, 0.25) is 6.29 Å². The number of hydrogen-bond acceptors (Lipinski definition) is 5. The van der Waals surface area contributed by atoms with Crippen molar-refractivity contribution in [1.82, 2.24) is 0 Å². The van der Waals surface area contributed by atoms with Crippen LogP contribution >= 0.6 is 0 Å². The Morgan fingerprint density at radius 1 is 1.12 bits per heavy atom. The molecule has 5 heteroatoms. The van der Waals surface area contributed by atoms with Gasteiger partial charge in [-0.15, -0.1) is 0 Å². The molecule has 2 aromatic carbocycles. The topological polar surface area (TPSA) is 48.0 Å². The van der Waals surface area contributed by atoms with Crippen LogP contribution in [0.1, 0.15) is 29.7 Å². The van der Waals surface area contributed by atoms with Gasteiger partial charge in [-0.25, -0.2) is 5.06 Å². The van der Waals surface area contributed by atoms with Gasteiger partial charge >= 0.3 is 5.97 Å². The zero-order valence-corrected chi connectivity index (χ0v) is 13.9. The van der Waals surface area contributed by atoms with Gasteiger partial charge in [0.1, 0.15) is 5.92 Å². The highest BCUT2D eigenvalue weighted by molar-refractivity contribution is 5.79. The molecule has 0 spiro atoms. The monoisotopic (exact) mass is 337 g/mol. The summed E-state index contributed by atoms with van der Waals surface area (Å²) in [7, 11) is 0. The van der Waals surface area contributed by atoms with Crippen LogP contribution in [0.5, 0.6) is 0 Å². The van der Waals surface area contributed by atoms with Gasteiger partial charge in [0, 0.05) is 6.61 Å². The van der Waals surface area contributed by atoms with Gasteiger partial charge in [-0.2, -0.15) is 0 Å². The molecule has 0 N–H and O–H groups in total. The Hall–Kier alpha value is -2.37. The predicted molar refractivity (Wildman–Crippen MR) is 90.8 cm³/mol. The summed E-state index contributed by atoms with van der Waals surface area (Å²) in [5.41, 5.74) is 4.56. The van der Waals surface area contributed by atoms with E-state index in [9.17, 15) is 4.79 Å². The molecule has 4 atom stereocenters. The molecule has 3 aliphatic rings. The molecular formula is C20H19NO4. The number of hydroxylamine groups is 1. The fraction of sp³-hybridized carbons (Fsp3) is 0.350. The molecule has 0 saturated carbocycles. The Bertz CT molecular complexity index is 836. The Kier molecular flexibility index (Phi) is 3.33. The first-order valence-electron chi connectivity index (χ1n) is 8.71. The lowest BCUT2D eigenvalue weighted by Gasteiger charge is -2.27. The van der Waals surface area contributed by atoms with Crippen molar-refractivity contribution in [3.63, 3.8) is 0 Å². The van der Waals surface area contributed by atoms with E-state index in [0.29, 0.717) is 6.61 Å². The van der Waals surface area contributed by atoms with Gasteiger partial charge in [-0.1, -0.05) is 42.5 Å². The maximum atomic E-state index is 12.6. The van der Waals surface area contributed by atoms with Crippen molar-refractivity contribution in [1.29, 1.82) is 0 Å². The van der Waals surface area contributed by atoms with E-state index in [0.717, 1.165) is 17.7 Å². The van der Waals surface area contributed by atoms with Crippen LogP contribution in [0, 0.1) is 5.92 Å². The van der Waals surface area contributed by atoms with Crippen LogP contribution in [0.4, 0.5) is 5.69 Å². The van der Waals surface area contributed by atoms with Gasteiger partial charge in [-0.05, 0) is 36.1 Å². The summed E-state index contributed by atoms with van der Waals surface area (Å²) >= 11 is 0. The molecular weight excluding hydrogens is 318 g/mol. The quantitative estimate of drug-likeness (QED) is 0.789. The van der Waals surface area contributed by atoms with Crippen LogP contribution in [0.2, 0.25) is 0 Å².